The number of nitrogens with zero attached hydrogens (tertiary/aromatic N) is 2. The second kappa shape index (κ2) is 7.23. The molecule has 4 nitrogen and oxygen atoms in total. The first-order valence-corrected chi connectivity index (χ1v) is 7.57. The standard InChI is InChI=1S/C16H31N3O/c1-8-12(2)19-10-9-13(18-19)11-14(17-6)15(20-7)16(3,4)5/h9-10,12,14-15,17H,8,11H2,1-7H3. The zero-order valence-corrected chi connectivity index (χ0v) is 14.1. The van der Waals surface area contributed by atoms with Crippen LogP contribution in [0.15, 0.2) is 12.3 Å². The van der Waals surface area contributed by atoms with Crippen molar-refractivity contribution in [1.82, 2.24) is 15.1 Å². The van der Waals surface area contributed by atoms with E-state index in [0.29, 0.717) is 6.04 Å². The number of rotatable bonds is 7. The second-order valence-electron chi connectivity index (χ2n) is 6.67. The van der Waals surface area contributed by atoms with Crippen molar-refractivity contribution in [3.8, 4) is 0 Å². The summed E-state index contributed by atoms with van der Waals surface area (Å²) in [7, 11) is 3.78. The highest BCUT2D eigenvalue weighted by Gasteiger charge is 2.32. The summed E-state index contributed by atoms with van der Waals surface area (Å²) >= 11 is 0. The minimum Gasteiger partial charge on any atom is -0.379 e. The summed E-state index contributed by atoms with van der Waals surface area (Å²) in [5.41, 5.74) is 1.22. The summed E-state index contributed by atoms with van der Waals surface area (Å²) in [6, 6.07) is 2.84. The van der Waals surface area contributed by atoms with Crippen LogP contribution in [0.5, 0.6) is 0 Å². The van der Waals surface area contributed by atoms with Crippen molar-refractivity contribution in [2.24, 2.45) is 5.41 Å². The van der Waals surface area contributed by atoms with Crippen LogP contribution in [-0.2, 0) is 11.2 Å². The van der Waals surface area contributed by atoms with Gasteiger partial charge in [0, 0.05) is 31.8 Å². The van der Waals surface area contributed by atoms with Gasteiger partial charge in [-0.05, 0) is 31.9 Å². The van der Waals surface area contributed by atoms with Gasteiger partial charge >= 0.3 is 0 Å². The van der Waals surface area contributed by atoms with E-state index in [1.54, 1.807) is 7.11 Å². The average Bonchev–Trinajstić information content (AvgIpc) is 2.84. The van der Waals surface area contributed by atoms with Crippen LogP contribution in [0.25, 0.3) is 0 Å². The second-order valence-corrected chi connectivity index (χ2v) is 6.67. The Kier molecular flexibility index (Phi) is 6.21. The quantitative estimate of drug-likeness (QED) is 0.835. The summed E-state index contributed by atoms with van der Waals surface area (Å²) in [4.78, 5) is 0. The van der Waals surface area contributed by atoms with E-state index in [9.17, 15) is 0 Å². The summed E-state index contributed by atoms with van der Waals surface area (Å²) in [6.45, 7) is 11.0. The van der Waals surface area contributed by atoms with Crippen molar-refractivity contribution in [3.05, 3.63) is 18.0 Å². The van der Waals surface area contributed by atoms with Crippen LogP contribution in [0.4, 0.5) is 0 Å². The number of nitrogens with one attached hydrogen (secondary N) is 1. The molecule has 116 valence electrons. The molecular weight excluding hydrogens is 250 g/mol. The minimum atomic E-state index is 0.0989. The van der Waals surface area contributed by atoms with Gasteiger partial charge in [0.15, 0.2) is 0 Å². The Hall–Kier alpha value is -0.870. The molecule has 0 aliphatic carbocycles. The van der Waals surface area contributed by atoms with Crippen molar-refractivity contribution >= 4 is 0 Å². The maximum Gasteiger partial charge on any atom is 0.0776 e. The molecule has 0 saturated heterocycles. The maximum atomic E-state index is 5.72. The Morgan fingerprint density at radius 1 is 1.40 bits per heavy atom. The molecule has 0 aliphatic rings. The van der Waals surface area contributed by atoms with Gasteiger partial charge in [-0.3, -0.25) is 4.68 Å². The van der Waals surface area contributed by atoms with Crippen molar-refractivity contribution in [3.63, 3.8) is 0 Å². The number of ether oxygens (including phenoxy) is 1. The van der Waals surface area contributed by atoms with E-state index in [1.165, 1.54) is 0 Å². The van der Waals surface area contributed by atoms with E-state index in [0.717, 1.165) is 18.5 Å². The number of hydrogen-bond acceptors (Lipinski definition) is 3. The Bertz CT molecular complexity index is 395. The van der Waals surface area contributed by atoms with Crippen LogP contribution >= 0.6 is 0 Å². The molecule has 0 spiro atoms. The lowest BCUT2D eigenvalue weighted by Crippen LogP contribution is -2.47. The molecule has 1 aromatic rings. The van der Waals surface area contributed by atoms with Crippen LogP contribution in [0.1, 0.15) is 52.8 Å². The molecule has 3 atom stereocenters. The summed E-state index contributed by atoms with van der Waals surface area (Å²) in [5.74, 6) is 0. The summed E-state index contributed by atoms with van der Waals surface area (Å²) in [5, 5.41) is 8.07. The summed E-state index contributed by atoms with van der Waals surface area (Å²) < 4.78 is 7.77. The molecule has 0 saturated carbocycles. The molecule has 20 heavy (non-hydrogen) atoms. The Morgan fingerprint density at radius 2 is 2.05 bits per heavy atom. The van der Waals surface area contributed by atoms with Crippen molar-refractivity contribution < 1.29 is 4.74 Å². The molecule has 0 amide bonds. The number of methoxy groups -OCH3 is 1. The largest absolute Gasteiger partial charge is 0.379 e. The molecule has 0 aromatic carbocycles. The third-order valence-electron chi connectivity index (χ3n) is 3.98. The highest BCUT2D eigenvalue weighted by molar-refractivity contribution is 5.04. The monoisotopic (exact) mass is 281 g/mol. The van der Waals surface area contributed by atoms with Gasteiger partial charge in [-0.25, -0.2) is 0 Å². The third-order valence-corrected chi connectivity index (χ3v) is 3.98. The van der Waals surface area contributed by atoms with Crippen LogP contribution in [0.3, 0.4) is 0 Å². The number of aromatic nitrogens is 2. The van der Waals surface area contributed by atoms with Crippen molar-refractivity contribution in [2.75, 3.05) is 14.2 Å². The van der Waals surface area contributed by atoms with E-state index in [-0.39, 0.29) is 17.6 Å². The molecule has 0 fully saturated rings. The van der Waals surface area contributed by atoms with Gasteiger partial charge in [0.2, 0.25) is 0 Å². The molecule has 1 heterocycles. The zero-order valence-electron chi connectivity index (χ0n) is 14.1. The zero-order chi connectivity index (χ0) is 15.3. The first kappa shape index (κ1) is 17.2. The molecule has 0 aliphatic heterocycles. The number of hydrogen-bond donors (Lipinski definition) is 1. The molecule has 1 aromatic heterocycles. The lowest BCUT2D eigenvalue weighted by molar-refractivity contribution is -0.00945. The molecule has 0 radical (unpaired) electrons. The fourth-order valence-corrected chi connectivity index (χ4v) is 2.63. The third kappa shape index (κ3) is 4.32. The van der Waals surface area contributed by atoms with E-state index in [4.69, 9.17) is 4.74 Å². The molecule has 0 bridgehead atoms. The van der Waals surface area contributed by atoms with Gasteiger partial charge in [-0.2, -0.15) is 5.10 Å². The van der Waals surface area contributed by atoms with Crippen molar-refractivity contribution in [2.45, 2.75) is 65.6 Å². The molecule has 3 unspecified atom stereocenters. The maximum absolute atomic E-state index is 5.72. The van der Waals surface area contributed by atoms with Gasteiger partial charge in [0.05, 0.1) is 11.8 Å². The smallest absolute Gasteiger partial charge is 0.0776 e. The Balaban J connectivity index is 2.80. The fraction of sp³-hybridized carbons (Fsp3) is 0.812. The van der Waals surface area contributed by atoms with Crippen LogP contribution in [0.2, 0.25) is 0 Å². The van der Waals surface area contributed by atoms with E-state index in [1.807, 2.05) is 7.05 Å². The van der Waals surface area contributed by atoms with Gasteiger partial charge in [0.1, 0.15) is 0 Å². The average molecular weight is 281 g/mol. The first-order chi connectivity index (χ1) is 9.33. The minimum absolute atomic E-state index is 0.0989. The lowest BCUT2D eigenvalue weighted by Gasteiger charge is -2.35. The fourth-order valence-electron chi connectivity index (χ4n) is 2.63. The molecule has 4 heteroatoms. The van der Waals surface area contributed by atoms with Crippen molar-refractivity contribution in [1.29, 1.82) is 0 Å². The van der Waals surface area contributed by atoms with E-state index < -0.39 is 0 Å². The number of likely N-dealkylation sites (N-methyl/N-ethyl adjacent to an activating group) is 1. The Labute approximate surface area is 123 Å². The van der Waals surface area contributed by atoms with Crippen LogP contribution < -0.4 is 5.32 Å². The SMILES string of the molecule is CCC(C)n1ccc(CC(NC)C(OC)C(C)(C)C)n1. The van der Waals surface area contributed by atoms with Crippen LogP contribution in [-0.4, -0.2) is 36.1 Å². The Morgan fingerprint density at radius 3 is 2.50 bits per heavy atom. The normalized spacial score (nSPS) is 16.9. The highest BCUT2D eigenvalue weighted by Crippen LogP contribution is 2.26. The van der Waals surface area contributed by atoms with E-state index in [2.05, 4.69) is 62.0 Å². The van der Waals surface area contributed by atoms with Crippen LogP contribution in [0, 0.1) is 5.41 Å². The van der Waals surface area contributed by atoms with Gasteiger partial charge < -0.3 is 10.1 Å². The first-order valence-electron chi connectivity index (χ1n) is 7.57. The van der Waals surface area contributed by atoms with Gasteiger partial charge in [-0.1, -0.05) is 27.7 Å². The topological polar surface area (TPSA) is 39.1 Å². The highest BCUT2D eigenvalue weighted by atomic mass is 16.5. The van der Waals surface area contributed by atoms with Gasteiger partial charge in [0.25, 0.3) is 0 Å². The van der Waals surface area contributed by atoms with E-state index >= 15 is 0 Å². The predicted octanol–water partition coefficient (Wildman–Crippen LogP) is 3.05. The molecule has 1 N–H and O–H groups in total. The molecule has 1 rings (SSSR count). The lowest BCUT2D eigenvalue weighted by atomic mass is 9.83. The van der Waals surface area contributed by atoms with Gasteiger partial charge in [-0.15, -0.1) is 0 Å². The predicted molar refractivity (Wildman–Crippen MR) is 84.0 cm³/mol. The summed E-state index contributed by atoms with van der Waals surface area (Å²) in [6.07, 6.45) is 4.21. The molecular formula is C16H31N3O.